The van der Waals surface area contributed by atoms with Crippen LogP contribution in [0.2, 0.25) is 0 Å². The first-order chi connectivity index (χ1) is 9.46. The van der Waals surface area contributed by atoms with Crippen LogP contribution < -0.4 is 16.2 Å². The van der Waals surface area contributed by atoms with Crippen LogP contribution >= 0.6 is 0 Å². The van der Waals surface area contributed by atoms with Crippen LogP contribution in [0.15, 0.2) is 12.1 Å². The molecule has 0 amide bonds. The zero-order valence-corrected chi connectivity index (χ0v) is 13.6. The number of rotatable bonds is 7. The minimum atomic E-state index is 0.372. The van der Waals surface area contributed by atoms with Gasteiger partial charge in [0.2, 0.25) is 0 Å². The molecule has 114 valence electrons. The van der Waals surface area contributed by atoms with Crippen molar-refractivity contribution < 1.29 is 4.74 Å². The number of ether oxygens (including phenoxy) is 1. The third-order valence-corrected chi connectivity index (χ3v) is 4.49. The first kappa shape index (κ1) is 17.0. The van der Waals surface area contributed by atoms with Gasteiger partial charge in [0.15, 0.2) is 0 Å². The third-order valence-electron chi connectivity index (χ3n) is 4.49. The van der Waals surface area contributed by atoms with Gasteiger partial charge in [-0.2, -0.15) is 0 Å². The molecule has 0 aliphatic carbocycles. The summed E-state index contributed by atoms with van der Waals surface area (Å²) < 4.78 is 5.66. The molecule has 4 N–H and O–H groups in total. The second-order valence-corrected chi connectivity index (χ2v) is 5.79. The summed E-state index contributed by atoms with van der Waals surface area (Å²) >= 11 is 0. The number of aryl methyl sites for hydroxylation is 2. The predicted molar refractivity (Wildman–Crippen MR) is 86.3 cm³/mol. The molecule has 0 saturated carbocycles. The largest absolute Gasteiger partial charge is 0.494 e. The van der Waals surface area contributed by atoms with Crippen molar-refractivity contribution in [3.63, 3.8) is 0 Å². The molecule has 1 aromatic carbocycles. The summed E-state index contributed by atoms with van der Waals surface area (Å²) in [5.41, 5.74) is 15.5. The Bertz CT molecular complexity index is 427. The quantitative estimate of drug-likeness (QED) is 0.806. The first-order valence-electron chi connectivity index (χ1n) is 7.60. The van der Waals surface area contributed by atoms with Gasteiger partial charge >= 0.3 is 0 Å². The lowest BCUT2D eigenvalue weighted by atomic mass is 9.78. The lowest BCUT2D eigenvalue weighted by Gasteiger charge is -2.29. The molecule has 2 atom stereocenters. The highest BCUT2D eigenvalue weighted by atomic mass is 16.5. The van der Waals surface area contributed by atoms with Crippen LogP contribution in [0.25, 0.3) is 0 Å². The van der Waals surface area contributed by atoms with Crippen molar-refractivity contribution in [2.45, 2.75) is 40.5 Å². The van der Waals surface area contributed by atoms with Gasteiger partial charge in [-0.1, -0.05) is 19.9 Å². The van der Waals surface area contributed by atoms with Crippen molar-refractivity contribution in [1.82, 2.24) is 0 Å². The van der Waals surface area contributed by atoms with E-state index in [2.05, 4.69) is 39.8 Å². The minimum Gasteiger partial charge on any atom is -0.494 e. The smallest absolute Gasteiger partial charge is 0.122 e. The molecule has 0 aromatic heterocycles. The molecule has 3 nitrogen and oxygen atoms in total. The maximum absolute atomic E-state index is 5.83. The van der Waals surface area contributed by atoms with Gasteiger partial charge in [0.25, 0.3) is 0 Å². The highest BCUT2D eigenvalue weighted by molar-refractivity contribution is 5.43. The Kier molecular flexibility index (Phi) is 6.50. The summed E-state index contributed by atoms with van der Waals surface area (Å²) in [5, 5.41) is 0. The monoisotopic (exact) mass is 278 g/mol. The Morgan fingerprint density at radius 1 is 1.05 bits per heavy atom. The molecule has 1 aromatic rings. The normalized spacial score (nSPS) is 14.4. The Morgan fingerprint density at radius 3 is 2.15 bits per heavy atom. The summed E-state index contributed by atoms with van der Waals surface area (Å²) in [5.74, 6) is 2.28. The van der Waals surface area contributed by atoms with Crippen LogP contribution in [0.3, 0.4) is 0 Å². The van der Waals surface area contributed by atoms with Crippen LogP contribution in [-0.4, -0.2) is 19.7 Å². The zero-order chi connectivity index (χ0) is 15.3. The highest BCUT2D eigenvalue weighted by Crippen LogP contribution is 2.34. The fourth-order valence-electron chi connectivity index (χ4n) is 2.83. The second kappa shape index (κ2) is 7.65. The molecule has 0 aliphatic rings. The average Bonchev–Trinajstić information content (AvgIpc) is 2.43. The fourth-order valence-corrected chi connectivity index (χ4v) is 2.83. The van der Waals surface area contributed by atoms with E-state index < -0.39 is 0 Å². The van der Waals surface area contributed by atoms with Crippen LogP contribution in [-0.2, 0) is 0 Å². The molecule has 0 heterocycles. The van der Waals surface area contributed by atoms with E-state index in [1.165, 1.54) is 16.7 Å². The molecule has 0 bridgehead atoms. The van der Waals surface area contributed by atoms with E-state index in [-0.39, 0.29) is 0 Å². The summed E-state index contributed by atoms with van der Waals surface area (Å²) in [4.78, 5) is 0. The number of hydrogen-bond donors (Lipinski definition) is 2. The summed E-state index contributed by atoms with van der Waals surface area (Å²) in [6.07, 6.45) is 0. The van der Waals surface area contributed by atoms with E-state index >= 15 is 0 Å². The molecular weight excluding hydrogens is 248 g/mol. The van der Waals surface area contributed by atoms with Gasteiger partial charge in [0.05, 0.1) is 6.61 Å². The van der Waals surface area contributed by atoms with Crippen molar-refractivity contribution in [2.24, 2.45) is 23.3 Å². The van der Waals surface area contributed by atoms with Crippen LogP contribution in [0.4, 0.5) is 0 Å². The van der Waals surface area contributed by atoms with Gasteiger partial charge in [0, 0.05) is 0 Å². The van der Waals surface area contributed by atoms with Crippen molar-refractivity contribution in [2.75, 3.05) is 19.7 Å². The highest BCUT2D eigenvalue weighted by Gasteiger charge is 2.23. The van der Waals surface area contributed by atoms with Crippen molar-refractivity contribution in [1.29, 1.82) is 0 Å². The standard InChI is InChI=1S/C17H30N2O/c1-6-20-17-8-11(2)16(7-12(17)3)14(5)13(4)15(9-18)10-19/h7-8,13-15H,6,9-10,18-19H2,1-5H3. The predicted octanol–water partition coefficient (Wildman–Crippen LogP) is 2.98. The summed E-state index contributed by atoms with van der Waals surface area (Å²) in [6.45, 7) is 12.8. The number of benzene rings is 1. The molecule has 0 saturated heterocycles. The maximum atomic E-state index is 5.83. The molecular formula is C17H30N2O. The minimum absolute atomic E-state index is 0.372. The third kappa shape index (κ3) is 3.74. The first-order valence-corrected chi connectivity index (χ1v) is 7.60. The molecule has 1 rings (SSSR count). The van der Waals surface area contributed by atoms with Crippen LogP contribution in [0.1, 0.15) is 43.4 Å². The SMILES string of the molecule is CCOc1cc(C)c(C(C)C(C)C(CN)CN)cc1C. The molecule has 0 radical (unpaired) electrons. The Balaban J connectivity index is 3.04. The van der Waals surface area contributed by atoms with E-state index in [9.17, 15) is 0 Å². The van der Waals surface area contributed by atoms with Gasteiger partial charge in [-0.25, -0.2) is 0 Å². The van der Waals surface area contributed by atoms with Crippen molar-refractivity contribution in [3.05, 3.63) is 28.8 Å². The Morgan fingerprint density at radius 2 is 1.65 bits per heavy atom. The molecule has 20 heavy (non-hydrogen) atoms. The van der Waals surface area contributed by atoms with Crippen molar-refractivity contribution in [3.8, 4) is 5.75 Å². The van der Waals surface area contributed by atoms with E-state index in [1.54, 1.807) is 0 Å². The molecule has 2 unspecified atom stereocenters. The number of hydrogen-bond acceptors (Lipinski definition) is 3. The van der Waals surface area contributed by atoms with E-state index in [0.29, 0.717) is 37.5 Å². The average molecular weight is 278 g/mol. The van der Waals surface area contributed by atoms with E-state index in [4.69, 9.17) is 16.2 Å². The summed E-state index contributed by atoms with van der Waals surface area (Å²) in [7, 11) is 0. The summed E-state index contributed by atoms with van der Waals surface area (Å²) in [6, 6.07) is 4.41. The lowest BCUT2D eigenvalue weighted by molar-refractivity contribution is 0.325. The zero-order valence-electron chi connectivity index (χ0n) is 13.6. The maximum Gasteiger partial charge on any atom is 0.122 e. The molecule has 0 fully saturated rings. The van der Waals surface area contributed by atoms with Gasteiger partial charge in [-0.05, 0) is 74.4 Å². The Hall–Kier alpha value is -1.06. The molecule has 3 heteroatoms. The van der Waals surface area contributed by atoms with Gasteiger partial charge in [-0.3, -0.25) is 0 Å². The Labute approximate surface area is 123 Å². The van der Waals surface area contributed by atoms with E-state index in [1.807, 2.05) is 6.92 Å². The van der Waals surface area contributed by atoms with Gasteiger partial charge in [0.1, 0.15) is 5.75 Å². The second-order valence-electron chi connectivity index (χ2n) is 5.79. The van der Waals surface area contributed by atoms with E-state index in [0.717, 1.165) is 5.75 Å². The van der Waals surface area contributed by atoms with Crippen LogP contribution in [0, 0.1) is 25.7 Å². The van der Waals surface area contributed by atoms with Crippen molar-refractivity contribution >= 4 is 0 Å². The lowest BCUT2D eigenvalue weighted by Crippen LogP contribution is -2.31. The topological polar surface area (TPSA) is 61.3 Å². The molecule has 0 spiro atoms. The molecule has 0 aliphatic heterocycles. The van der Waals surface area contributed by atoms with Gasteiger partial charge in [-0.15, -0.1) is 0 Å². The number of nitrogens with two attached hydrogens (primary N) is 2. The van der Waals surface area contributed by atoms with Gasteiger partial charge < -0.3 is 16.2 Å². The fraction of sp³-hybridized carbons (Fsp3) is 0.647. The van der Waals surface area contributed by atoms with Crippen LogP contribution in [0.5, 0.6) is 5.75 Å².